The highest BCUT2D eigenvalue weighted by Crippen LogP contribution is 2.10. The lowest BCUT2D eigenvalue weighted by Crippen LogP contribution is -2.14. The topological polar surface area (TPSA) is 53.6 Å². The molecule has 15 heavy (non-hydrogen) atoms. The first-order valence-electron chi connectivity index (χ1n) is 5.44. The third-order valence-corrected chi connectivity index (χ3v) is 2.28. The maximum Gasteiger partial charge on any atom is 0.121 e. The van der Waals surface area contributed by atoms with Gasteiger partial charge < -0.3 is 9.88 Å². The minimum atomic E-state index is -0.0857. The molecule has 0 bridgehead atoms. The molecule has 0 spiro atoms. The fourth-order valence-electron chi connectivity index (χ4n) is 1.40. The summed E-state index contributed by atoms with van der Waals surface area (Å²) in [6, 6.07) is 2.17. The van der Waals surface area contributed by atoms with Crippen LogP contribution >= 0.6 is 0 Å². The lowest BCUT2D eigenvalue weighted by Gasteiger charge is -2.05. The van der Waals surface area contributed by atoms with Crippen LogP contribution in [0.2, 0.25) is 0 Å². The zero-order chi connectivity index (χ0) is 11.1. The van der Waals surface area contributed by atoms with Crippen LogP contribution in [0.3, 0.4) is 0 Å². The van der Waals surface area contributed by atoms with Gasteiger partial charge in [0, 0.05) is 12.7 Å². The highest BCUT2D eigenvalue weighted by atomic mass is 15.1. The standard InChI is InChI=1S/C11H18N4/c1-3-5-13-7-10-8-15(9-14-10)11(4-2)6-12/h8-9,11,13H,3-5,7H2,1-2H3. The molecule has 82 valence electrons. The summed E-state index contributed by atoms with van der Waals surface area (Å²) in [5.74, 6) is 0. The van der Waals surface area contributed by atoms with Crippen LogP contribution in [-0.4, -0.2) is 16.1 Å². The Hall–Kier alpha value is -1.34. The third kappa shape index (κ3) is 3.37. The van der Waals surface area contributed by atoms with Crippen LogP contribution in [0.4, 0.5) is 0 Å². The molecule has 1 aromatic heterocycles. The molecule has 0 saturated carbocycles. The Kier molecular flexibility index (Phi) is 4.85. The van der Waals surface area contributed by atoms with Crippen LogP contribution in [-0.2, 0) is 6.54 Å². The van der Waals surface area contributed by atoms with Crippen molar-refractivity contribution >= 4 is 0 Å². The van der Waals surface area contributed by atoms with E-state index >= 15 is 0 Å². The predicted molar refractivity (Wildman–Crippen MR) is 59.2 cm³/mol. The highest BCUT2D eigenvalue weighted by molar-refractivity contribution is 5.01. The summed E-state index contributed by atoms with van der Waals surface area (Å²) in [5.41, 5.74) is 0.997. The summed E-state index contributed by atoms with van der Waals surface area (Å²) < 4.78 is 1.88. The van der Waals surface area contributed by atoms with Gasteiger partial charge in [-0.3, -0.25) is 0 Å². The summed E-state index contributed by atoms with van der Waals surface area (Å²) in [7, 11) is 0. The van der Waals surface area contributed by atoms with Crippen LogP contribution < -0.4 is 5.32 Å². The number of nitrogens with zero attached hydrogens (tertiary/aromatic N) is 3. The molecule has 0 aliphatic heterocycles. The molecule has 1 atom stereocenters. The molecule has 1 rings (SSSR count). The number of nitrogens with one attached hydrogen (secondary N) is 1. The van der Waals surface area contributed by atoms with Gasteiger partial charge in [-0.15, -0.1) is 0 Å². The van der Waals surface area contributed by atoms with E-state index in [1.54, 1.807) is 6.33 Å². The molecule has 0 fully saturated rings. The first-order valence-corrected chi connectivity index (χ1v) is 5.44. The quantitative estimate of drug-likeness (QED) is 0.723. The van der Waals surface area contributed by atoms with Crippen molar-refractivity contribution in [3.8, 4) is 6.07 Å². The van der Waals surface area contributed by atoms with Gasteiger partial charge in [0.05, 0.1) is 18.1 Å². The summed E-state index contributed by atoms with van der Waals surface area (Å²) in [4.78, 5) is 4.25. The number of imidazole rings is 1. The summed E-state index contributed by atoms with van der Waals surface area (Å²) in [6.07, 6.45) is 5.62. The first kappa shape index (κ1) is 11.7. The molecule has 1 heterocycles. The fraction of sp³-hybridized carbons (Fsp3) is 0.636. The van der Waals surface area contributed by atoms with Gasteiger partial charge in [0.25, 0.3) is 0 Å². The summed E-state index contributed by atoms with van der Waals surface area (Å²) in [5, 5.41) is 12.2. The van der Waals surface area contributed by atoms with E-state index in [2.05, 4.69) is 23.3 Å². The van der Waals surface area contributed by atoms with Gasteiger partial charge >= 0.3 is 0 Å². The van der Waals surface area contributed by atoms with Gasteiger partial charge in [-0.1, -0.05) is 13.8 Å². The monoisotopic (exact) mass is 206 g/mol. The Morgan fingerprint density at radius 2 is 2.40 bits per heavy atom. The van der Waals surface area contributed by atoms with Crippen molar-refractivity contribution in [3.63, 3.8) is 0 Å². The Labute approximate surface area is 90.9 Å². The zero-order valence-corrected chi connectivity index (χ0v) is 9.40. The molecule has 0 aromatic carbocycles. The maximum atomic E-state index is 8.89. The highest BCUT2D eigenvalue weighted by Gasteiger charge is 2.07. The second-order valence-electron chi connectivity index (χ2n) is 3.54. The molecule has 0 amide bonds. The average Bonchev–Trinajstić information content (AvgIpc) is 2.69. The molecule has 0 saturated heterocycles. The van der Waals surface area contributed by atoms with Crippen LogP contribution in [0.5, 0.6) is 0 Å². The lowest BCUT2D eigenvalue weighted by atomic mass is 10.2. The lowest BCUT2D eigenvalue weighted by molar-refractivity contribution is 0.595. The van der Waals surface area contributed by atoms with Crippen molar-refractivity contribution in [2.45, 2.75) is 39.3 Å². The molecule has 4 nitrogen and oxygen atoms in total. The van der Waals surface area contributed by atoms with E-state index in [1.165, 1.54) is 0 Å². The number of nitriles is 1. The Morgan fingerprint density at radius 3 is 3.00 bits per heavy atom. The minimum absolute atomic E-state index is 0.0857. The van der Waals surface area contributed by atoms with E-state index in [4.69, 9.17) is 5.26 Å². The predicted octanol–water partition coefficient (Wildman–Crippen LogP) is 1.86. The number of rotatable bonds is 6. The van der Waals surface area contributed by atoms with E-state index in [0.29, 0.717) is 0 Å². The van der Waals surface area contributed by atoms with E-state index in [-0.39, 0.29) is 6.04 Å². The average molecular weight is 206 g/mol. The van der Waals surface area contributed by atoms with Gasteiger partial charge in [0.1, 0.15) is 6.04 Å². The van der Waals surface area contributed by atoms with Crippen LogP contribution in [0, 0.1) is 11.3 Å². The first-order chi connectivity index (χ1) is 7.31. The molecule has 1 N–H and O–H groups in total. The second-order valence-corrected chi connectivity index (χ2v) is 3.54. The molecule has 4 heteroatoms. The van der Waals surface area contributed by atoms with Gasteiger partial charge in [-0.05, 0) is 19.4 Å². The van der Waals surface area contributed by atoms with E-state index < -0.39 is 0 Å². The normalized spacial score (nSPS) is 12.3. The van der Waals surface area contributed by atoms with Crippen molar-refractivity contribution in [2.75, 3.05) is 6.54 Å². The van der Waals surface area contributed by atoms with Crippen molar-refractivity contribution in [1.29, 1.82) is 5.26 Å². The molecule has 0 aliphatic carbocycles. The Balaban J connectivity index is 2.52. The van der Waals surface area contributed by atoms with Crippen LogP contribution in [0.25, 0.3) is 0 Å². The van der Waals surface area contributed by atoms with E-state index in [9.17, 15) is 0 Å². The van der Waals surface area contributed by atoms with Crippen LogP contribution in [0.1, 0.15) is 38.4 Å². The number of hydrogen-bond donors (Lipinski definition) is 1. The van der Waals surface area contributed by atoms with Crippen molar-refractivity contribution in [2.24, 2.45) is 0 Å². The largest absolute Gasteiger partial charge is 0.321 e. The number of hydrogen-bond acceptors (Lipinski definition) is 3. The fourth-order valence-corrected chi connectivity index (χ4v) is 1.40. The second kappa shape index (κ2) is 6.20. The molecule has 0 radical (unpaired) electrons. The van der Waals surface area contributed by atoms with Crippen molar-refractivity contribution < 1.29 is 0 Å². The van der Waals surface area contributed by atoms with Crippen LogP contribution in [0.15, 0.2) is 12.5 Å². The Bertz CT molecular complexity index is 324. The smallest absolute Gasteiger partial charge is 0.121 e. The molecular formula is C11H18N4. The zero-order valence-electron chi connectivity index (χ0n) is 9.40. The molecule has 1 unspecified atom stereocenters. The van der Waals surface area contributed by atoms with Gasteiger partial charge in [0.15, 0.2) is 0 Å². The maximum absolute atomic E-state index is 8.89. The number of aromatic nitrogens is 2. The van der Waals surface area contributed by atoms with Gasteiger partial charge in [-0.2, -0.15) is 5.26 Å². The van der Waals surface area contributed by atoms with Crippen molar-refractivity contribution in [1.82, 2.24) is 14.9 Å². The molecule has 1 aromatic rings. The SMILES string of the molecule is CCCNCc1cn(C(C#N)CC)cn1. The van der Waals surface area contributed by atoms with E-state index in [0.717, 1.165) is 31.6 Å². The van der Waals surface area contributed by atoms with E-state index in [1.807, 2.05) is 17.7 Å². The Morgan fingerprint density at radius 1 is 1.60 bits per heavy atom. The third-order valence-electron chi connectivity index (χ3n) is 2.28. The van der Waals surface area contributed by atoms with Gasteiger partial charge in [-0.25, -0.2) is 4.98 Å². The minimum Gasteiger partial charge on any atom is -0.321 e. The molecule has 0 aliphatic rings. The summed E-state index contributed by atoms with van der Waals surface area (Å²) in [6.45, 7) is 5.92. The van der Waals surface area contributed by atoms with Gasteiger partial charge in [0.2, 0.25) is 0 Å². The summed E-state index contributed by atoms with van der Waals surface area (Å²) >= 11 is 0. The molecular weight excluding hydrogens is 188 g/mol. The van der Waals surface area contributed by atoms with Crippen molar-refractivity contribution in [3.05, 3.63) is 18.2 Å².